The van der Waals surface area contributed by atoms with Crippen molar-refractivity contribution in [1.82, 2.24) is 19.5 Å². The lowest BCUT2D eigenvalue weighted by atomic mass is 9.90. The number of fused-ring (bicyclic) bond motifs is 1. The lowest BCUT2D eigenvalue weighted by molar-refractivity contribution is -0.156. The molecule has 1 saturated heterocycles. The van der Waals surface area contributed by atoms with Gasteiger partial charge in [-0.25, -0.2) is 15.0 Å². The van der Waals surface area contributed by atoms with E-state index in [9.17, 15) is 36.2 Å². The van der Waals surface area contributed by atoms with Crippen molar-refractivity contribution in [3.05, 3.63) is 29.6 Å². The predicted molar refractivity (Wildman–Crippen MR) is 107 cm³/mol. The number of nitrogens with one attached hydrogen (secondary N) is 1. The molecule has 2 aliphatic heterocycles. The molecule has 8 nitrogen and oxygen atoms in total. The fourth-order valence-corrected chi connectivity index (χ4v) is 4.55. The number of anilines is 2. The van der Waals surface area contributed by atoms with Crippen LogP contribution >= 0.6 is 0 Å². The van der Waals surface area contributed by atoms with Crippen molar-refractivity contribution in [3.63, 3.8) is 0 Å². The third kappa shape index (κ3) is 5.10. The first-order valence-electron chi connectivity index (χ1n) is 10.7. The van der Waals surface area contributed by atoms with Gasteiger partial charge < -0.3 is 19.9 Å². The van der Waals surface area contributed by atoms with Gasteiger partial charge in [0.15, 0.2) is 0 Å². The third-order valence-electron chi connectivity index (χ3n) is 5.99. The number of halogens is 6. The number of alkyl halides is 6. The SMILES string of the molecule is O=C1CC(C(F)(F)F)c2c(ncnc2N2CCC(c3nc(CC(F)(F)F)cn3CCO)CC2)N1. The summed E-state index contributed by atoms with van der Waals surface area (Å²) in [6.07, 6.45) is -7.82. The van der Waals surface area contributed by atoms with Gasteiger partial charge in [0.1, 0.15) is 23.8 Å². The Morgan fingerprint density at radius 3 is 2.44 bits per heavy atom. The van der Waals surface area contributed by atoms with E-state index in [0.29, 0.717) is 18.7 Å². The van der Waals surface area contributed by atoms with E-state index in [-0.39, 0.29) is 55.1 Å². The first kappa shape index (κ1) is 24.2. The van der Waals surface area contributed by atoms with E-state index < -0.39 is 37.0 Å². The molecule has 0 aliphatic carbocycles. The summed E-state index contributed by atoms with van der Waals surface area (Å²) in [5.41, 5.74) is -0.325. The Bertz CT molecular complexity index is 1050. The Hall–Kier alpha value is -2.90. The number of aliphatic hydroxyl groups excluding tert-OH is 1. The molecule has 1 unspecified atom stereocenters. The van der Waals surface area contributed by atoms with Crippen LogP contribution in [0.25, 0.3) is 0 Å². The molecule has 2 aromatic rings. The van der Waals surface area contributed by atoms with E-state index in [4.69, 9.17) is 0 Å². The van der Waals surface area contributed by atoms with Gasteiger partial charge in [-0.05, 0) is 12.8 Å². The number of aliphatic hydroxyl groups is 1. The van der Waals surface area contributed by atoms with Crippen molar-refractivity contribution < 1.29 is 36.2 Å². The summed E-state index contributed by atoms with van der Waals surface area (Å²) in [4.78, 5) is 25.5. The smallest absolute Gasteiger partial charge is 0.395 e. The highest BCUT2D eigenvalue weighted by Crippen LogP contribution is 2.46. The van der Waals surface area contributed by atoms with Crippen LogP contribution in [-0.4, -0.2) is 62.6 Å². The zero-order valence-electron chi connectivity index (χ0n) is 17.8. The number of imidazole rings is 1. The molecule has 1 atom stereocenters. The molecular weight excluding hydrogens is 470 g/mol. The molecule has 4 heterocycles. The minimum atomic E-state index is -4.66. The highest BCUT2D eigenvalue weighted by atomic mass is 19.4. The Balaban J connectivity index is 1.56. The predicted octanol–water partition coefficient (Wildman–Crippen LogP) is 3.14. The maximum atomic E-state index is 13.7. The molecule has 14 heteroatoms. The summed E-state index contributed by atoms with van der Waals surface area (Å²) in [6, 6.07) is 0. The van der Waals surface area contributed by atoms with Gasteiger partial charge in [-0.3, -0.25) is 4.79 Å². The van der Waals surface area contributed by atoms with Crippen LogP contribution in [0.5, 0.6) is 0 Å². The van der Waals surface area contributed by atoms with Crippen LogP contribution in [0.3, 0.4) is 0 Å². The molecule has 34 heavy (non-hydrogen) atoms. The third-order valence-corrected chi connectivity index (χ3v) is 5.99. The molecule has 0 radical (unpaired) electrons. The number of piperidine rings is 1. The lowest BCUT2D eigenvalue weighted by Crippen LogP contribution is -2.38. The zero-order chi connectivity index (χ0) is 24.7. The molecule has 0 bridgehead atoms. The number of carbonyl (C=O) groups excluding carboxylic acids is 1. The van der Waals surface area contributed by atoms with Crippen LogP contribution in [0.2, 0.25) is 0 Å². The van der Waals surface area contributed by atoms with Crippen LogP contribution in [0.15, 0.2) is 12.5 Å². The maximum absolute atomic E-state index is 13.7. The quantitative estimate of drug-likeness (QED) is 0.623. The van der Waals surface area contributed by atoms with Gasteiger partial charge in [-0.2, -0.15) is 26.3 Å². The molecule has 1 amide bonds. The van der Waals surface area contributed by atoms with Crippen molar-refractivity contribution in [1.29, 1.82) is 0 Å². The Morgan fingerprint density at radius 1 is 1.12 bits per heavy atom. The molecule has 186 valence electrons. The Kier molecular flexibility index (Phi) is 6.44. The van der Waals surface area contributed by atoms with Crippen molar-refractivity contribution in [3.8, 4) is 0 Å². The molecule has 4 rings (SSSR count). The molecular formula is C20H22F6N6O2. The average molecular weight is 492 g/mol. The van der Waals surface area contributed by atoms with Crippen molar-refractivity contribution in [2.75, 3.05) is 29.9 Å². The number of aromatic nitrogens is 4. The summed E-state index contributed by atoms with van der Waals surface area (Å²) in [5.74, 6) is -2.70. The molecule has 2 N–H and O–H groups in total. The summed E-state index contributed by atoms with van der Waals surface area (Å²) < 4.78 is 81.0. The summed E-state index contributed by atoms with van der Waals surface area (Å²) >= 11 is 0. The second kappa shape index (κ2) is 9.04. The van der Waals surface area contributed by atoms with Gasteiger partial charge in [-0.1, -0.05) is 0 Å². The van der Waals surface area contributed by atoms with Crippen molar-refractivity contribution in [2.45, 2.75) is 56.4 Å². The highest BCUT2D eigenvalue weighted by molar-refractivity contribution is 5.94. The van der Waals surface area contributed by atoms with Gasteiger partial charge >= 0.3 is 12.4 Å². The number of hydrogen-bond donors (Lipinski definition) is 2. The average Bonchev–Trinajstić information content (AvgIpc) is 3.12. The van der Waals surface area contributed by atoms with Crippen molar-refractivity contribution in [2.24, 2.45) is 0 Å². The number of amides is 1. The monoisotopic (exact) mass is 492 g/mol. The van der Waals surface area contributed by atoms with Crippen LogP contribution < -0.4 is 10.2 Å². The van der Waals surface area contributed by atoms with Crippen LogP contribution in [-0.2, 0) is 17.8 Å². The zero-order valence-corrected chi connectivity index (χ0v) is 17.8. The standard InChI is InChI=1S/C20H22F6N6O2/c21-19(22,23)8-12-9-32(5-6-33)17(29-12)11-1-3-31(4-2-11)18-15-13(20(24,25)26)7-14(34)30-16(15)27-10-28-18/h9-11,13,33H,1-8H2,(H,27,28,30,34). The minimum Gasteiger partial charge on any atom is -0.395 e. The molecule has 2 aliphatic rings. The van der Waals surface area contributed by atoms with Gasteiger partial charge in [-0.15, -0.1) is 0 Å². The van der Waals surface area contributed by atoms with Crippen LogP contribution in [0, 0.1) is 0 Å². The summed E-state index contributed by atoms with van der Waals surface area (Å²) in [6.45, 7) is 0.387. The van der Waals surface area contributed by atoms with E-state index in [1.165, 1.54) is 10.8 Å². The fraction of sp³-hybridized carbons (Fsp3) is 0.600. The van der Waals surface area contributed by atoms with Crippen molar-refractivity contribution >= 4 is 17.5 Å². The highest BCUT2D eigenvalue weighted by Gasteiger charge is 2.48. The van der Waals surface area contributed by atoms with E-state index in [1.807, 2.05) is 0 Å². The maximum Gasteiger partial charge on any atom is 0.396 e. The van der Waals surface area contributed by atoms with Gasteiger partial charge in [0.2, 0.25) is 5.91 Å². The molecule has 0 aromatic carbocycles. The molecule has 0 spiro atoms. The Labute approximate surface area is 190 Å². The minimum absolute atomic E-state index is 0.0854. The number of carbonyl (C=O) groups is 1. The molecule has 1 fully saturated rings. The summed E-state index contributed by atoms with van der Waals surface area (Å²) in [7, 11) is 0. The molecule has 2 aromatic heterocycles. The van der Waals surface area contributed by atoms with Gasteiger partial charge in [0.05, 0.1) is 30.2 Å². The lowest BCUT2D eigenvalue weighted by Gasteiger charge is -2.36. The number of nitrogens with zero attached hydrogens (tertiary/aromatic N) is 5. The normalized spacial score (nSPS) is 19.8. The van der Waals surface area contributed by atoms with E-state index >= 15 is 0 Å². The van der Waals surface area contributed by atoms with E-state index in [0.717, 1.165) is 6.33 Å². The number of hydrogen-bond acceptors (Lipinski definition) is 6. The van der Waals surface area contributed by atoms with E-state index in [1.54, 1.807) is 4.90 Å². The topological polar surface area (TPSA) is 96.2 Å². The fourth-order valence-electron chi connectivity index (χ4n) is 4.55. The second-order valence-electron chi connectivity index (χ2n) is 8.37. The second-order valence-corrected chi connectivity index (χ2v) is 8.37. The van der Waals surface area contributed by atoms with Gasteiger partial charge in [0, 0.05) is 38.2 Å². The van der Waals surface area contributed by atoms with Gasteiger partial charge in [0.25, 0.3) is 0 Å². The van der Waals surface area contributed by atoms with Crippen LogP contribution in [0.1, 0.15) is 48.2 Å². The first-order chi connectivity index (χ1) is 16.0. The van der Waals surface area contributed by atoms with E-state index in [2.05, 4.69) is 20.3 Å². The first-order valence-corrected chi connectivity index (χ1v) is 10.7. The number of rotatable bonds is 5. The van der Waals surface area contributed by atoms with Crippen LogP contribution in [0.4, 0.5) is 38.0 Å². The molecule has 0 saturated carbocycles. The Morgan fingerprint density at radius 2 is 1.82 bits per heavy atom. The largest absolute Gasteiger partial charge is 0.396 e. The summed E-state index contributed by atoms with van der Waals surface area (Å²) in [5, 5.41) is 11.7.